The SMILES string of the molecule is C=CC(=O)Oc1cc(OC(=O)C=C)cc([S+](c2cc(OC(=O)C=C)cc(OC(=O)C=C)c2)c2cc(OC(=O)C=C)cc(OC(=O)C=C)c2)c1. The second kappa shape index (κ2) is 17.3. The summed E-state index contributed by atoms with van der Waals surface area (Å²) in [4.78, 5) is 74.0. The van der Waals surface area contributed by atoms with Crippen LogP contribution in [-0.4, -0.2) is 35.8 Å². The Hall–Kier alpha value is -6.73. The number of benzene rings is 3. The van der Waals surface area contributed by atoms with Crippen LogP contribution >= 0.6 is 0 Å². The molecule has 0 amide bonds. The summed E-state index contributed by atoms with van der Waals surface area (Å²) in [5, 5.41) is 0. The third-order valence-corrected chi connectivity index (χ3v) is 7.70. The van der Waals surface area contributed by atoms with Gasteiger partial charge < -0.3 is 28.4 Å². The van der Waals surface area contributed by atoms with Crippen LogP contribution in [0.1, 0.15) is 0 Å². The summed E-state index contributed by atoms with van der Waals surface area (Å²) in [6, 6.07) is 12.3. The van der Waals surface area contributed by atoms with Crippen molar-refractivity contribution in [2.45, 2.75) is 14.7 Å². The van der Waals surface area contributed by atoms with Gasteiger partial charge in [-0.2, -0.15) is 0 Å². The summed E-state index contributed by atoms with van der Waals surface area (Å²) < 4.78 is 32.1. The highest BCUT2D eigenvalue weighted by molar-refractivity contribution is 7.97. The Kier molecular flexibility index (Phi) is 12.9. The van der Waals surface area contributed by atoms with Crippen molar-refractivity contribution in [1.29, 1.82) is 0 Å². The Balaban J connectivity index is 2.47. The molecule has 0 saturated heterocycles. The van der Waals surface area contributed by atoms with Crippen LogP contribution < -0.4 is 28.4 Å². The van der Waals surface area contributed by atoms with E-state index in [-0.39, 0.29) is 49.2 Å². The van der Waals surface area contributed by atoms with Crippen molar-refractivity contribution in [3.63, 3.8) is 0 Å². The maximum Gasteiger partial charge on any atom is 0.335 e. The van der Waals surface area contributed by atoms with Gasteiger partial charge in [-0.25, -0.2) is 28.8 Å². The van der Waals surface area contributed by atoms with Gasteiger partial charge >= 0.3 is 35.8 Å². The fraction of sp³-hybridized carbons (Fsp3) is 0. The molecule has 0 aromatic heterocycles. The molecule has 49 heavy (non-hydrogen) atoms. The Morgan fingerprint density at radius 3 is 0.653 bits per heavy atom. The van der Waals surface area contributed by atoms with Gasteiger partial charge in [-0.05, 0) is 0 Å². The molecule has 0 aliphatic heterocycles. The van der Waals surface area contributed by atoms with E-state index < -0.39 is 46.7 Å². The average Bonchev–Trinajstić information content (AvgIpc) is 3.07. The number of carbonyl (C=O) groups excluding carboxylic acids is 6. The van der Waals surface area contributed by atoms with Crippen molar-refractivity contribution in [3.8, 4) is 34.5 Å². The molecule has 0 spiro atoms. The maximum absolute atomic E-state index is 12.2. The van der Waals surface area contributed by atoms with Crippen molar-refractivity contribution in [1.82, 2.24) is 0 Å². The van der Waals surface area contributed by atoms with Crippen LogP contribution in [0.2, 0.25) is 0 Å². The van der Waals surface area contributed by atoms with Crippen LogP contribution in [0, 0.1) is 0 Å². The van der Waals surface area contributed by atoms with Gasteiger partial charge in [0.25, 0.3) is 0 Å². The molecule has 3 aromatic carbocycles. The Labute approximate surface area is 283 Å². The first-order valence-electron chi connectivity index (χ1n) is 13.7. The molecule has 0 heterocycles. The van der Waals surface area contributed by atoms with Crippen molar-refractivity contribution >= 4 is 46.7 Å². The van der Waals surface area contributed by atoms with E-state index in [1.54, 1.807) is 0 Å². The third-order valence-electron chi connectivity index (χ3n) is 5.58. The number of rotatable bonds is 15. The third kappa shape index (κ3) is 10.7. The monoisotopic (exact) mass is 683 g/mol. The first-order chi connectivity index (χ1) is 23.4. The minimum atomic E-state index is -1.48. The highest BCUT2D eigenvalue weighted by atomic mass is 32.2. The minimum Gasteiger partial charge on any atom is -0.423 e. The van der Waals surface area contributed by atoms with Gasteiger partial charge in [0.1, 0.15) is 45.4 Å². The predicted molar refractivity (Wildman–Crippen MR) is 176 cm³/mol. The quantitative estimate of drug-likeness (QED) is 0.0879. The second-order valence-electron chi connectivity index (χ2n) is 8.98. The fourth-order valence-electron chi connectivity index (χ4n) is 3.70. The van der Waals surface area contributed by atoms with Crippen molar-refractivity contribution < 1.29 is 57.2 Å². The molecule has 0 aliphatic rings. The van der Waals surface area contributed by atoms with Gasteiger partial charge in [-0.3, -0.25) is 0 Å². The van der Waals surface area contributed by atoms with Gasteiger partial charge in [0, 0.05) is 91.1 Å². The maximum atomic E-state index is 12.2. The van der Waals surface area contributed by atoms with Crippen LogP contribution in [0.25, 0.3) is 0 Å². The zero-order valence-electron chi connectivity index (χ0n) is 25.7. The molecule has 0 atom stereocenters. The highest BCUT2D eigenvalue weighted by Gasteiger charge is 2.34. The Morgan fingerprint density at radius 1 is 0.347 bits per heavy atom. The molecule has 3 rings (SSSR count). The van der Waals surface area contributed by atoms with Gasteiger partial charge in [0.05, 0.1) is 0 Å². The van der Waals surface area contributed by atoms with E-state index in [1.807, 2.05) is 0 Å². The van der Waals surface area contributed by atoms with Crippen molar-refractivity contribution in [3.05, 3.63) is 131 Å². The van der Waals surface area contributed by atoms with Crippen molar-refractivity contribution in [2.75, 3.05) is 0 Å². The largest absolute Gasteiger partial charge is 0.423 e. The van der Waals surface area contributed by atoms with Crippen LogP contribution in [0.3, 0.4) is 0 Å². The highest BCUT2D eigenvalue weighted by Crippen LogP contribution is 2.41. The van der Waals surface area contributed by atoms with Crippen LogP contribution in [0.4, 0.5) is 0 Å². The molecule has 0 fully saturated rings. The van der Waals surface area contributed by atoms with Gasteiger partial charge in [0.2, 0.25) is 0 Å². The first-order valence-corrected chi connectivity index (χ1v) is 14.9. The van der Waals surface area contributed by atoms with E-state index in [0.29, 0.717) is 0 Å². The molecular weight excluding hydrogens is 656 g/mol. The smallest absolute Gasteiger partial charge is 0.335 e. The molecule has 13 heteroatoms. The van der Waals surface area contributed by atoms with E-state index in [0.717, 1.165) is 36.5 Å². The minimum absolute atomic E-state index is 0.0909. The summed E-state index contributed by atoms with van der Waals surface area (Å²) in [6.45, 7) is 20.3. The Morgan fingerprint density at radius 2 is 0.510 bits per heavy atom. The molecule has 248 valence electrons. The van der Waals surface area contributed by atoms with E-state index in [4.69, 9.17) is 28.4 Å². The van der Waals surface area contributed by atoms with Gasteiger partial charge in [0.15, 0.2) is 14.7 Å². The molecule has 12 nitrogen and oxygen atoms in total. The number of carbonyl (C=O) groups is 6. The molecule has 0 saturated carbocycles. The molecule has 0 N–H and O–H groups in total. The fourth-order valence-corrected chi connectivity index (χ4v) is 5.92. The van der Waals surface area contributed by atoms with Crippen molar-refractivity contribution in [2.24, 2.45) is 0 Å². The summed E-state index contributed by atoms with van der Waals surface area (Å²) in [7, 11) is -1.48. The van der Waals surface area contributed by atoms with Gasteiger partial charge in [-0.15, -0.1) is 0 Å². The molecule has 3 aromatic rings. The van der Waals surface area contributed by atoms with E-state index in [1.165, 1.54) is 54.6 Å². The number of ether oxygens (including phenoxy) is 6. The van der Waals surface area contributed by atoms with Crippen LogP contribution in [0.15, 0.2) is 145 Å². The zero-order valence-corrected chi connectivity index (χ0v) is 26.5. The van der Waals surface area contributed by atoms with E-state index in [9.17, 15) is 28.8 Å². The summed E-state index contributed by atoms with van der Waals surface area (Å²) in [5.74, 6) is -5.59. The van der Waals surface area contributed by atoms with Gasteiger partial charge in [-0.1, -0.05) is 39.5 Å². The normalized spacial score (nSPS) is 9.98. The second-order valence-corrected chi connectivity index (χ2v) is 11.0. The standard InChI is InChI=1S/C36H27O12S/c1-7-31(37)43-22-13-23(44-32(38)8-2)17-28(16-22)49(29-18-24(45-33(39)9-3)14-25(19-29)46-34(40)10-4)30-20-26(47-35(41)11-5)15-27(21-30)48-36(42)12-6/h7-21H,1-6H2/q+1. The lowest BCUT2D eigenvalue weighted by Crippen LogP contribution is -2.12. The summed E-state index contributed by atoms with van der Waals surface area (Å²) in [6.07, 6.45) is 5.48. The topological polar surface area (TPSA) is 158 Å². The number of hydrogen-bond acceptors (Lipinski definition) is 12. The first kappa shape index (κ1) is 36.7. The van der Waals surface area contributed by atoms with Crippen LogP contribution in [0.5, 0.6) is 34.5 Å². The lowest BCUT2D eigenvalue weighted by atomic mass is 10.3. The number of hydrogen-bond donors (Lipinski definition) is 0. The van der Waals surface area contributed by atoms with E-state index >= 15 is 0 Å². The summed E-state index contributed by atoms with van der Waals surface area (Å²) in [5.41, 5.74) is 0. The molecule has 0 aliphatic carbocycles. The lowest BCUT2D eigenvalue weighted by Gasteiger charge is -2.15. The molecule has 0 bridgehead atoms. The average molecular weight is 684 g/mol. The molecule has 0 unspecified atom stereocenters. The zero-order chi connectivity index (χ0) is 36.1. The predicted octanol–water partition coefficient (Wildman–Crippen LogP) is 5.33. The molecule has 0 radical (unpaired) electrons. The number of esters is 6. The Bertz CT molecular complexity index is 1570. The lowest BCUT2D eigenvalue weighted by molar-refractivity contribution is -0.130. The summed E-state index contributed by atoms with van der Waals surface area (Å²) >= 11 is 0. The van der Waals surface area contributed by atoms with E-state index in [2.05, 4.69) is 39.5 Å². The molecular formula is C36H27O12S+. The van der Waals surface area contributed by atoms with Crippen LogP contribution in [-0.2, 0) is 39.7 Å².